The third kappa shape index (κ3) is 11.8. The first-order valence-corrected chi connectivity index (χ1v) is 24.3. The second-order valence-electron chi connectivity index (χ2n) is 16.5. The van der Waals surface area contributed by atoms with Gasteiger partial charge < -0.3 is 43.8 Å². The molecule has 362 valence electrons. The van der Waals surface area contributed by atoms with Crippen LogP contribution in [0.1, 0.15) is 106 Å². The van der Waals surface area contributed by atoms with E-state index in [-0.39, 0.29) is 55.9 Å². The Balaban J connectivity index is 1.72. The van der Waals surface area contributed by atoms with E-state index < -0.39 is 11.6 Å². The lowest BCUT2D eigenvalue weighted by molar-refractivity contribution is 0.0221. The van der Waals surface area contributed by atoms with Gasteiger partial charge in [0, 0.05) is 5.56 Å². The largest absolute Gasteiger partial charge is 0.497 e. The van der Waals surface area contributed by atoms with E-state index in [1.807, 2.05) is 139 Å². The molecule has 68 heavy (non-hydrogen) atoms. The van der Waals surface area contributed by atoms with Crippen LogP contribution in [0.5, 0.6) is 23.0 Å². The Hall–Kier alpha value is -5.07. The average molecular weight is 1010 g/mol. The van der Waals surface area contributed by atoms with Crippen molar-refractivity contribution in [3.8, 4) is 23.0 Å². The van der Waals surface area contributed by atoms with Crippen molar-refractivity contribution in [1.82, 2.24) is 0 Å². The van der Waals surface area contributed by atoms with Crippen LogP contribution >= 0.6 is 46.4 Å². The van der Waals surface area contributed by atoms with E-state index >= 15 is 0 Å². The van der Waals surface area contributed by atoms with Crippen LogP contribution in [0.15, 0.2) is 97.1 Å². The van der Waals surface area contributed by atoms with Gasteiger partial charge in [-0.05, 0) is 148 Å². The fraction of sp³-hybridized carbons (Fsp3) is 0.352. The summed E-state index contributed by atoms with van der Waals surface area (Å²) in [7, 11) is 3.21. The van der Waals surface area contributed by atoms with Gasteiger partial charge in [0.15, 0.2) is 5.60 Å². The molecule has 0 spiro atoms. The number of carbonyl (C=O) groups excluding carboxylic acids is 1. The van der Waals surface area contributed by atoms with Crippen molar-refractivity contribution in [2.75, 3.05) is 38.1 Å². The molecule has 0 aromatic heterocycles. The molecule has 1 heterocycles. The number of benzene rings is 5. The summed E-state index contributed by atoms with van der Waals surface area (Å²) in [5.41, 5.74) is 4.09. The second kappa shape index (κ2) is 23.5. The van der Waals surface area contributed by atoms with Gasteiger partial charge in [-0.1, -0.05) is 96.6 Å². The van der Waals surface area contributed by atoms with Crippen LogP contribution in [0.2, 0.25) is 20.1 Å². The quantitative estimate of drug-likeness (QED) is 0.0301. The maximum Gasteiger partial charge on any atom is 0.341 e. The number of carbonyl (C=O) groups is 1. The lowest BCUT2D eigenvalue weighted by atomic mass is 9.83. The first-order valence-electron chi connectivity index (χ1n) is 22.8. The van der Waals surface area contributed by atoms with Crippen molar-refractivity contribution < 1.29 is 38.0 Å². The molecule has 5 aromatic carbocycles. The zero-order valence-electron chi connectivity index (χ0n) is 40.2. The number of halogens is 4. The van der Waals surface area contributed by atoms with Crippen LogP contribution in [-0.4, -0.2) is 58.1 Å². The van der Waals surface area contributed by atoms with Crippen LogP contribution in [0, 0.1) is 0 Å². The van der Waals surface area contributed by atoms with Crippen molar-refractivity contribution in [1.29, 1.82) is 0 Å². The Morgan fingerprint density at radius 2 is 0.985 bits per heavy atom. The molecule has 2 unspecified atom stereocenters. The third-order valence-corrected chi connectivity index (χ3v) is 12.9. The van der Waals surface area contributed by atoms with Gasteiger partial charge in [-0.2, -0.15) is 0 Å². The van der Waals surface area contributed by atoms with Crippen molar-refractivity contribution in [3.63, 3.8) is 0 Å². The number of ether oxygens (including phenoxy) is 7. The Bertz CT molecular complexity index is 2480. The van der Waals surface area contributed by atoms with Crippen LogP contribution in [0.4, 0.5) is 11.4 Å². The highest BCUT2D eigenvalue weighted by molar-refractivity contribution is 6.53. The van der Waals surface area contributed by atoms with Gasteiger partial charge in [0.1, 0.15) is 35.5 Å². The van der Waals surface area contributed by atoms with E-state index in [0.717, 1.165) is 33.6 Å². The molecule has 14 heteroatoms. The molecular formula is C54H60Cl4N2O8. The number of fused-ring (bicyclic) bond motifs is 1. The maximum atomic E-state index is 14.5. The van der Waals surface area contributed by atoms with E-state index in [1.165, 1.54) is 0 Å². The number of rotatable bonds is 22. The van der Waals surface area contributed by atoms with E-state index in [4.69, 9.17) is 79.6 Å². The fourth-order valence-electron chi connectivity index (χ4n) is 7.96. The van der Waals surface area contributed by atoms with E-state index in [9.17, 15) is 4.79 Å². The maximum absolute atomic E-state index is 14.5. The van der Waals surface area contributed by atoms with Crippen molar-refractivity contribution in [2.45, 2.75) is 98.5 Å². The number of nitrogens with one attached hydrogen (secondary N) is 2. The first kappa shape index (κ1) is 52.3. The molecule has 0 saturated heterocycles. The summed E-state index contributed by atoms with van der Waals surface area (Å²) in [6.07, 6.45) is 4.60. The number of hydrogen-bond acceptors (Lipinski definition) is 10. The summed E-state index contributed by atoms with van der Waals surface area (Å²) in [4.78, 5) is 14.5. The van der Waals surface area contributed by atoms with Crippen LogP contribution in [0.25, 0.3) is 11.1 Å². The van der Waals surface area contributed by atoms with Crippen molar-refractivity contribution >= 4 is 74.9 Å². The highest BCUT2D eigenvalue weighted by atomic mass is 35.5. The smallest absolute Gasteiger partial charge is 0.341 e. The van der Waals surface area contributed by atoms with E-state index in [0.29, 0.717) is 60.2 Å². The highest BCUT2D eigenvalue weighted by Gasteiger charge is 2.48. The predicted octanol–water partition coefficient (Wildman–Crippen LogP) is 14.9. The molecule has 0 amide bonds. The van der Waals surface area contributed by atoms with Crippen LogP contribution in [0.3, 0.4) is 0 Å². The monoisotopic (exact) mass is 1000 g/mol. The zero-order valence-corrected chi connectivity index (χ0v) is 43.2. The molecule has 0 aliphatic carbocycles. The number of hydrogen-bond donors (Lipinski definition) is 2. The predicted molar refractivity (Wildman–Crippen MR) is 277 cm³/mol. The summed E-state index contributed by atoms with van der Waals surface area (Å²) in [5.74, 6) is 1.71. The molecule has 6 rings (SSSR count). The van der Waals surface area contributed by atoms with Gasteiger partial charge in [0.05, 0.1) is 76.7 Å². The van der Waals surface area contributed by atoms with Crippen molar-refractivity contribution in [3.05, 3.63) is 151 Å². The standard InChI is InChI=1S/C54H60Cl4N2O8/c1-11-45(66-31(5)6)59-41-25-19-35(27-43(41)64-13-3)39(33-15-21-37(62-9)22-16-33)29-54(48-47(53(61)68-54)49(55)51(57)52(58)50(48)56)30-40(34-17-23-38(63-10)24-18-34)36-20-26-42(44(28-36)65-14-4)60-46(12-2)67-32(7)8/h15-32,45-46,59-60H,11-14H2,1-10H3/b39-29+,40-30+. The summed E-state index contributed by atoms with van der Waals surface area (Å²) < 4.78 is 42.8. The minimum Gasteiger partial charge on any atom is -0.497 e. The Morgan fingerprint density at radius 1 is 0.588 bits per heavy atom. The van der Waals surface area contributed by atoms with Crippen LogP contribution in [-0.2, 0) is 19.8 Å². The van der Waals surface area contributed by atoms with Crippen molar-refractivity contribution in [2.24, 2.45) is 0 Å². The molecule has 1 aliphatic heterocycles. The van der Waals surface area contributed by atoms with Gasteiger partial charge in [-0.25, -0.2) is 4.79 Å². The molecular weight excluding hydrogens is 946 g/mol. The first-order chi connectivity index (χ1) is 32.6. The SMILES string of the molecule is CCOc1cc(/C(=C/C2(/C=C(\c3ccc(OC)cc3)c3ccc(NC(CC)OC(C)C)c(OCC)c3)OC(=O)c3c(Cl)c(Cl)c(Cl)c(Cl)c32)c2ccc(OC)cc2)ccc1NC(CC)OC(C)C. The molecule has 1 aliphatic rings. The summed E-state index contributed by atoms with van der Waals surface area (Å²) >= 11 is 27.8. The van der Waals surface area contributed by atoms with Gasteiger partial charge in [0.25, 0.3) is 0 Å². The van der Waals surface area contributed by atoms with E-state index in [2.05, 4.69) is 24.5 Å². The summed E-state index contributed by atoms with van der Waals surface area (Å²) in [5, 5.41) is 6.83. The van der Waals surface area contributed by atoms with Gasteiger partial charge in [0.2, 0.25) is 0 Å². The Labute approximate surface area is 420 Å². The van der Waals surface area contributed by atoms with E-state index in [1.54, 1.807) is 14.2 Å². The lowest BCUT2D eigenvalue weighted by Gasteiger charge is -2.28. The molecule has 0 fully saturated rings. The molecule has 2 atom stereocenters. The normalized spacial score (nSPS) is 15.8. The Morgan fingerprint density at radius 3 is 1.35 bits per heavy atom. The second-order valence-corrected chi connectivity index (χ2v) is 18.0. The molecule has 0 bridgehead atoms. The molecule has 0 saturated carbocycles. The Kier molecular flexibility index (Phi) is 18.1. The van der Waals surface area contributed by atoms with Crippen LogP contribution < -0.4 is 29.6 Å². The third-order valence-electron chi connectivity index (χ3n) is 11.1. The highest BCUT2D eigenvalue weighted by Crippen LogP contribution is 2.54. The average Bonchev–Trinajstić information content (AvgIpc) is 3.62. The number of anilines is 2. The van der Waals surface area contributed by atoms with Gasteiger partial charge in [-0.15, -0.1) is 0 Å². The zero-order chi connectivity index (χ0) is 49.3. The minimum atomic E-state index is -1.80. The van der Waals surface area contributed by atoms with Gasteiger partial charge in [-0.3, -0.25) is 0 Å². The summed E-state index contributed by atoms with van der Waals surface area (Å²) in [6.45, 7) is 16.7. The topological polar surface area (TPSA) is 106 Å². The minimum absolute atomic E-state index is 0.00210. The molecule has 0 radical (unpaired) electrons. The molecule has 10 nitrogen and oxygen atoms in total. The van der Waals surface area contributed by atoms with Gasteiger partial charge >= 0.3 is 5.97 Å². The molecule has 5 aromatic rings. The molecule has 2 N–H and O–H groups in total. The fourth-order valence-corrected chi connectivity index (χ4v) is 9.04. The summed E-state index contributed by atoms with van der Waals surface area (Å²) in [6, 6.07) is 26.9. The number of cyclic esters (lactones) is 1. The lowest BCUT2D eigenvalue weighted by Crippen LogP contribution is -2.26. The number of esters is 1. The number of methoxy groups -OCH3 is 2.